The molecule has 2 aliphatic carbocycles. The Labute approximate surface area is 174 Å². The van der Waals surface area contributed by atoms with Crippen LogP contribution in [0.2, 0.25) is 0 Å². The standard InChI is InChI=1S/C27H44O/c1-3-6-22-9-11-24(12-10-22)8-5-21-28-27-19-17-26(18-20-27)25-15-13-23(7-4-2)14-16-25/h13-16,22,24,26-27H,3-12,17-21H2,1-2H3/t22-,24-,26-,27-. The summed E-state index contributed by atoms with van der Waals surface area (Å²) in [5.41, 5.74) is 3.04. The fourth-order valence-electron chi connectivity index (χ4n) is 5.65. The predicted molar refractivity (Wildman–Crippen MR) is 121 cm³/mol. The van der Waals surface area contributed by atoms with Gasteiger partial charge < -0.3 is 4.74 Å². The first-order valence-corrected chi connectivity index (χ1v) is 12.5. The molecule has 1 aromatic rings. The molecule has 0 amide bonds. The zero-order valence-electron chi connectivity index (χ0n) is 18.6. The third-order valence-corrected chi connectivity index (χ3v) is 7.44. The number of hydrogen-bond acceptors (Lipinski definition) is 1. The van der Waals surface area contributed by atoms with Crippen LogP contribution in [0.15, 0.2) is 24.3 Å². The summed E-state index contributed by atoms with van der Waals surface area (Å²) < 4.78 is 6.27. The highest BCUT2D eigenvalue weighted by atomic mass is 16.5. The Morgan fingerprint density at radius 1 is 0.750 bits per heavy atom. The lowest BCUT2D eigenvalue weighted by atomic mass is 9.78. The van der Waals surface area contributed by atoms with Gasteiger partial charge in [0.1, 0.15) is 0 Å². The molecule has 0 aliphatic heterocycles. The van der Waals surface area contributed by atoms with E-state index in [-0.39, 0.29) is 0 Å². The van der Waals surface area contributed by atoms with E-state index in [1.807, 2.05) is 0 Å². The van der Waals surface area contributed by atoms with Crippen molar-refractivity contribution < 1.29 is 4.74 Å². The number of hydrogen-bond donors (Lipinski definition) is 0. The zero-order valence-corrected chi connectivity index (χ0v) is 18.6. The molecule has 0 heterocycles. The van der Waals surface area contributed by atoms with Crippen LogP contribution >= 0.6 is 0 Å². The topological polar surface area (TPSA) is 9.23 Å². The minimum absolute atomic E-state index is 0.524. The van der Waals surface area contributed by atoms with Gasteiger partial charge in [0, 0.05) is 6.61 Å². The lowest BCUT2D eigenvalue weighted by molar-refractivity contribution is 0.0204. The van der Waals surface area contributed by atoms with Gasteiger partial charge in [0.25, 0.3) is 0 Å². The number of benzene rings is 1. The Balaban J connectivity index is 1.27. The van der Waals surface area contributed by atoms with Crippen molar-refractivity contribution in [1.82, 2.24) is 0 Å². The lowest BCUT2D eigenvalue weighted by Crippen LogP contribution is -2.21. The largest absolute Gasteiger partial charge is 0.378 e. The van der Waals surface area contributed by atoms with Crippen molar-refractivity contribution in [2.24, 2.45) is 11.8 Å². The molecule has 1 heteroatoms. The van der Waals surface area contributed by atoms with Crippen molar-refractivity contribution in [2.75, 3.05) is 6.61 Å². The van der Waals surface area contributed by atoms with E-state index in [0.717, 1.165) is 24.4 Å². The molecule has 158 valence electrons. The van der Waals surface area contributed by atoms with Gasteiger partial charge in [-0.3, -0.25) is 0 Å². The van der Waals surface area contributed by atoms with E-state index in [2.05, 4.69) is 38.1 Å². The molecule has 0 atom stereocenters. The number of aryl methyl sites for hydroxylation is 1. The van der Waals surface area contributed by atoms with E-state index in [9.17, 15) is 0 Å². The smallest absolute Gasteiger partial charge is 0.0575 e. The monoisotopic (exact) mass is 384 g/mol. The van der Waals surface area contributed by atoms with Crippen LogP contribution in [0.3, 0.4) is 0 Å². The van der Waals surface area contributed by atoms with E-state index in [4.69, 9.17) is 4.74 Å². The second-order valence-corrected chi connectivity index (χ2v) is 9.65. The first-order chi connectivity index (χ1) is 13.8. The average molecular weight is 385 g/mol. The first-order valence-electron chi connectivity index (χ1n) is 12.5. The summed E-state index contributed by atoms with van der Waals surface area (Å²) in [6.07, 6.45) is 19.5. The maximum atomic E-state index is 6.27. The van der Waals surface area contributed by atoms with Crippen LogP contribution in [0, 0.1) is 11.8 Å². The maximum absolute atomic E-state index is 6.27. The third-order valence-electron chi connectivity index (χ3n) is 7.44. The molecule has 1 aromatic carbocycles. The molecule has 0 aromatic heterocycles. The fraction of sp³-hybridized carbons (Fsp3) is 0.778. The van der Waals surface area contributed by atoms with Gasteiger partial charge >= 0.3 is 0 Å². The SMILES string of the molecule is CCCc1ccc([C@H]2CC[C@H](OCCC[C@H]3CC[C@H](CCC)CC3)CC2)cc1. The number of rotatable bonds is 10. The lowest BCUT2D eigenvalue weighted by Gasteiger charge is -2.30. The second kappa shape index (κ2) is 12.0. The molecule has 3 rings (SSSR count). The summed E-state index contributed by atoms with van der Waals surface area (Å²) >= 11 is 0. The van der Waals surface area contributed by atoms with Crippen LogP contribution < -0.4 is 0 Å². The Bertz CT molecular complexity index is 518. The van der Waals surface area contributed by atoms with Crippen molar-refractivity contribution >= 4 is 0 Å². The van der Waals surface area contributed by atoms with Crippen molar-refractivity contribution in [1.29, 1.82) is 0 Å². The summed E-state index contributed by atoms with van der Waals surface area (Å²) in [5.74, 6) is 2.78. The number of ether oxygens (including phenoxy) is 1. The molecule has 2 saturated carbocycles. The first kappa shape index (κ1) is 21.9. The Morgan fingerprint density at radius 2 is 1.39 bits per heavy atom. The molecule has 0 unspecified atom stereocenters. The van der Waals surface area contributed by atoms with Crippen molar-refractivity contribution in [2.45, 2.75) is 116 Å². The summed E-state index contributed by atoms with van der Waals surface area (Å²) in [6, 6.07) is 9.45. The second-order valence-electron chi connectivity index (χ2n) is 9.65. The molecule has 0 radical (unpaired) electrons. The molecule has 1 nitrogen and oxygen atoms in total. The summed E-state index contributed by atoms with van der Waals surface area (Å²) in [4.78, 5) is 0. The van der Waals surface area contributed by atoms with E-state index < -0.39 is 0 Å². The average Bonchev–Trinajstić information content (AvgIpc) is 2.74. The highest BCUT2D eigenvalue weighted by Gasteiger charge is 2.23. The Hall–Kier alpha value is -0.820. The summed E-state index contributed by atoms with van der Waals surface area (Å²) in [5, 5.41) is 0. The molecular weight excluding hydrogens is 340 g/mol. The Kier molecular flexibility index (Phi) is 9.38. The molecular formula is C27H44O. The Morgan fingerprint density at radius 3 is 2.00 bits per heavy atom. The van der Waals surface area contributed by atoms with Crippen LogP contribution in [0.25, 0.3) is 0 Å². The van der Waals surface area contributed by atoms with Gasteiger partial charge in [-0.25, -0.2) is 0 Å². The van der Waals surface area contributed by atoms with Gasteiger partial charge in [-0.05, 0) is 73.8 Å². The predicted octanol–water partition coefficient (Wildman–Crippen LogP) is 8.07. The maximum Gasteiger partial charge on any atom is 0.0575 e. The van der Waals surface area contributed by atoms with E-state index >= 15 is 0 Å². The van der Waals surface area contributed by atoms with E-state index in [0.29, 0.717) is 6.10 Å². The van der Waals surface area contributed by atoms with Gasteiger partial charge in [-0.2, -0.15) is 0 Å². The van der Waals surface area contributed by atoms with Gasteiger partial charge in [0.15, 0.2) is 0 Å². The molecule has 28 heavy (non-hydrogen) atoms. The minimum Gasteiger partial charge on any atom is -0.378 e. The van der Waals surface area contributed by atoms with Gasteiger partial charge in [-0.1, -0.05) is 83.1 Å². The van der Waals surface area contributed by atoms with Gasteiger partial charge in [0.2, 0.25) is 0 Å². The normalized spacial score (nSPS) is 28.4. The van der Waals surface area contributed by atoms with Crippen LogP contribution in [-0.4, -0.2) is 12.7 Å². The van der Waals surface area contributed by atoms with Crippen LogP contribution in [-0.2, 0) is 11.2 Å². The van der Waals surface area contributed by atoms with Gasteiger partial charge in [-0.15, -0.1) is 0 Å². The molecule has 0 N–H and O–H groups in total. The van der Waals surface area contributed by atoms with E-state index in [1.165, 1.54) is 95.5 Å². The highest BCUT2D eigenvalue weighted by molar-refractivity contribution is 5.25. The fourth-order valence-corrected chi connectivity index (χ4v) is 5.65. The van der Waals surface area contributed by atoms with Crippen molar-refractivity contribution in [3.63, 3.8) is 0 Å². The summed E-state index contributed by atoms with van der Waals surface area (Å²) in [6.45, 7) is 5.59. The molecule has 2 aliphatic rings. The van der Waals surface area contributed by atoms with Crippen LogP contribution in [0.5, 0.6) is 0 Å². The molecule has 2 fully saturated rings. The molecule has 0 spiro atoms. The zero-order chi connectivity index (χ0) is 19.6. The highest BCUT2D eigenvalue weighted by Crippen LogP contribution is 2.35. The third kappa shape index (κ3) is 6.90. The van der Waals surface area contributed by atoms with Crippen LogP contribution in [0.4, 0.5) is 0 Å². The summed E-state index contributed by atoms with van der Waals surface area (Å²) in [7, 11) is 0. The molecule has 0 bridgehead atoms. The van der Waals surface area contributed by atoms with Gasteiger partial charge in [0.05, 0.1) is 6.10 Å². The quantitative estimate of drug-likeness (QED) is 0.370. The van der Waals surface area contributed by atoms with Crippen molar-refractivity contribution in [3.8, 4) is 0 Å². The molecule has 0 saturated heterocycles. The van der Waals surface area contributed by atoms with Crippen molar-refractivity contribution in [3.05, 3.63) is 35.4 Å². The van der Waals surface area contributed by atoms with Crippen LogP contribution in [0.1, 0.15) is 114 Å². The van der Waals surface area contributed by atoms with E-state index in [1.54, 1.807) is 5.56 Å². The minimum atomic E-state index is 0.524.